The highest BCUT2D eigenvalue weighted by molar-refractivity contribution is 5.76. The van der Waals surface area contributed by atoms with Crippen molar-refractivity contribution >= 4 is 11.0 Å². The minimum Gasteiger partial charge on any atom is -0.508 e. The van der Waals surface area contributed by atoms with Crippen LogP contribution in [0.1, 0.15) is 58.2 Å². The lowest BCUT2D eigenvalue weighted by Crippen LogP contribution is -2.25. The Morgan fingerprint density at radius 1 is 1.15 bits per heavy atom. The summed E-state index contributed by atoms with van der Waals surface area (Å²) in [6.07, 6.45) is 5.01. The van der Waals surface area contributed by atoms with Crippen LogP contribution in [0.4, 0.5) is 0 Å². The number of rotatable bonds is 1. The van der Waals surface area contributed by atoms with Crippen LogP contribution in [-0.4, -0.2) is 15.1 Å². The van der Waals surface area contributed by atoms with Crippen LogP contribution in [0, 0.1) is 11.3 Å². The monoisotopic (exact) mass is 272 g/mol. The third-order valence-corrected chi connectivity index (χ3v) is 4.82. The number of phenols is 1. The summed E-state index contributed by atoms with van der Waals surface area (Å²) in [5.74, 6) is 2.76. The molecule has 0 unspecified atom stereocenters. The van der Waals surface area contributed by atoms with Gasteiger partial charge >= 0.3 is 0 Å². The van der Waals surface area contributed by atoms with Crippen LogP contribution in [0.25, 0.3) is 11.0 Å². The number of nitrogens with zero attached hydrogens (tertiary/aromatic N) is 1. The van der Waals surface area contributed by atoms with E-state index < -0.39 is 0 Å². The molecule has 20 heavy (non-hydrogen) atoms. The molecule has 1 aromatic carbocycles. The molecule has 1 aromatic heterocycles. The molecule has 2 aromatic rings. The lowest BCUT2D eigenvalue weighted by molar-refractivity contribution is 0.167. The highest BCUT2D eigenvalue weighted by Gasteiger charge is 2.31. The summed E-state index contributed by atoms with van der Waals surface area (Å²) in [6, 6.07) is 5.33. The molecule has 2 N–H and O–H groups in total. The highest BCUT2D eigenvalue weighted by Crippen LogP contribution is 2.42. The Morgan fingerprint density at radius 3 is 2.50 bits per heavy atom. The van der Waals surface area contributed by atoms with Crippen molar-refractivity contribution < 1.29 is 5.11 Å². The van der Waals surface area contributed by atoms with E-state index in [1.807, 2.05) is 6.07 Å². The minimum absolute atomic E-state index is 0.296. The van der Waals surface area contributed by atoms with E-state index >= 15 is 0 Å². The summed E-state index contributed by atoms with van der Waals surface area (Å²) < 4.78 is 0. The molecule has 0 bridgehead atoms. The number of aromatic nitrogens is 2. The number of benzene rings is 1. The van der Waals surface area contributed by atoms with Gasteiger partial charge in [-0.05, 0) is 49.1 Å². The quantitative estimate of drug-likeness (QED) is 0.797. The van der Waals surface area contributed by atoms with Crippen LogP contribution in [-0.2, 0) is 0 Å². The number of nitrogens with one attached hydrogen (secondary N) is 1. The second kappa shape index (κ2) is 4.80. The number of imidazole rings is 1. The van der Waals surface area contributed by atoms with E-state index in [4.69, 9.17) is 4.98 Å². The average molecular weight is 272 g/mol. The van der Waals surface area contributed by atoms with Gasteiger partial charge < -0.3 is 10.1 Å². The lowest BCUT2D eigenvalue weighted by atomic mass is 9.70. The predicted molar refractivity (Wildman–Crippen MR) is 81.9 cm³/mol. The Labute approximate surface area is 120 Å². The van der Waals surface area contributed by atoms with Crippen molar-refractivity contribution in [2.75, 3.05) is 0 Å². The number of phenolic OH excluding ortho intramolecular Hbond substituents is 1. The van der Waals surface area contributed by atoms with E-state index in [-0.39, 0.29) is 0 Å². The van der Waals surface area contributed by atoms with Gasteiger partial charge in [-0.3, -0.25) is 0 Å². The van der Waals surface area contributed by atoms with E-state index in [9.17, 15) is 5.11 Å². The van der Waals surface area contributed by atoms with Crippen molar-refractivity contribution in [3.8, 4) is 5.75 Å². The van der Waals surface area contributed by atoms with Crippen LogP contribution < -0.4 is 0 Å². The van der Waals surface area contributed by atoms with E-state index in [0.29, 0.717) is 17.1 Å². The maximum atomic E-state index is 9.53. The molecule has 0 atom stereocenters. The van der Waals surface area contributed by atoms with Gasteiger partial charge in [0.05, 0.1) is 11.0 Å². The zero-order chi connectivity index (χ0) is 14.3. The fourth-order valence-electron chi connectivity index (χ4n) is 3.44. The molecular formula is C17H24N2O. The summed E-state index contributed by atoms with van der Waals surface area (Å²) in [7, 11) is 0. The third kappa shape index (κ3) is 2.54. The number of hydrogen-bond donors (Lipinski definition) is 2. The van der Waals surface area contributed by atoms with Gasteiger partial charge in [-0.1, -0.05) is 20.8 Å². The van der Waals surface area contributed by atoms with Crippen molar-refractivity contribution in [1.29, 1.82) is 0 Å². The molecule has 0 amide bonds. The Hall–Kier alpha value is -1.51. The first kappa shape index (κ1) is 13.5. The molecule has 0 radical (unpaired) electrons. The predicted octanol–water partition coefficient (Wildman–Crippen LogP) is 4.59. The van der Waals surface area contributed by atoms with Gasteiger partial charge in [0.15, 0.2) is 0 Å². The minimum atomic E-state index is 0.296. The van der Waals surface area contributed by atoms with Crippen molar-refractivity contribution in [3.05, 3.63) is 24.0 Å². The van der Waals surface area contributed by atoms with Crippen molar-refractivity contribution in [2.45, 2.75) is 52.4 Å². The molecule has 1 fully saturated rings. The van der Waals surface area contributed by atoms with Gasteiger partial charge in [0.1, 0.15) is 11.6 Å². The SMILES string of the molecule is CC(C)(C)C1CCC(c2nc3ccc(O)cc3[nH]2)CC1. The summed E-state index contributed by atoms with van der Waals surface area (Å²) in [5, 5.41) is 9.53. The van der Waals surface area contributed by atoms with Gasteiger partial charge in [-0.2, -0.15) is 0 Å². The van der Waals surface area contributed by atoms with Crippen LogP contribution in [0.15, 0.2) is 18.2 Å². The molecule has 0 aliphatic heterocycles. The molecule has 3 rings (SSSR count). The van der Waals surface area contributed by atoms with E-state index in [0.717, 1.165) is 22.8 Å². The molecule has 3 nitrogen and oxygen atoms in total. The number of H-pyrrole nitrogens is 1. The number of aromatic hydroxyl groups is 1. The Bertz CT molecular complexity index is 601. The van der Waals surface area contributed by atoms with Crippen molar-refractivity contribution in [1.82, 2.24) is 9.97 Å². The topological polar surface area (TPSA) is 48.9 Å². The standard InChI is InChI=1S/C17H24N2O/c1-17(2,3)12-6-4-11(5-7-12)16-18-14-9-8-13(20)10-15(14)19-16/h8-12,20H,4-7H2,1-3H3,(H,18,19). The van der Waals surface area contributed by atoms with Gasteiger partial charge in [0.2, 0.25) is 0 Å². The second-order valence-corrected chi connectivity index (χ2v) is 7.24. The Balaban J connectivity index is 1.76. The van der Waals surface area contributed by atoms with Crippen LogP contribution in [0.5, 0.6) is 5.75 Å². The third-order valence-electron chi connectivity index (χ3n) is 4.82. The van der Waals surface area contributed by atoms with Crippen LogP contribution >= 0.6 is 0 Å². The molecule has 1 aliphatic carbocycles. The first-order valence-corrected chi connectivity index (χ1v) is 7.62. The molecule has 1 heterocycles. The summed E-state index contributed by atoms with van der Waals surface area (Å²) in [4.78, 5) is 8.09. The van der Waals surface area contributed by atoms with Crippen LogP contribution in [0.3, 0.4) is 0 Å². The van der Waals surface area contributed by atoms with Crippen LogP contribution in [0.2, 0.25) is 0 Å². The Kier molecular flexibility index (Phi) is 3.23. The fraction of sp³-hybridized carbons (Fsp3) is 0.588. The highest BCUT2D eigenvalue weighted by atomic mass is 16.3. The van der Waals surface area contributed by atoms with Gasteiger partial charge in [0.25, 0.3) is 0 Å². The largest absolute Gasteiger partial charge is 0.508 e. The molecule has 3 heteroatoms. The Morgan fingerprint density at radius 2 is 1.85 bits per heavy atom. The summed E-state index contributed by atoms with van der Waals surface area (Å²) >= 11 is 0. The number of hydrogen-bond acceptors (Lipinski definition) is 2. The number of fused-ring (bicyclic) bond motifs is 1. The molecule has 1 aliphatic rings. The maximum absolute atomic E-state index is 9.53. The second-order valence-electron chi connectivity index (χ2n) is 7.24. The lowest BCUT2D eigenvalue weighted by Gasteiger charge is -2.36. The molecule has 0 saturated heterocycles. The molecule has 108 valence electrons. The van der Waals surface area contributed by atoms with E-state index in [1.165, 1.54) is 25.7 Å². The molecule has 0 spiro atoms. The normalized spacial score (nSPS) is 24.1. The van der Waals surface area contributed by atoms with Crippen molar-refractivity contribution in [3.63, 3.8) is 0 Å². The first-order valence-electron chi connectivity index (χ1n) is 7.62. The zero-order valence-corrected chi connectivity index (χ0v) is 12.6. The summed E-state index contributed by atoms with van der Waals surface area (Å²) in [5.41, 5.74) is 2.32. The summed E-state index contributed by atoms with van der Waals surface area (Å²) in [6.45, 7) is 7.05. The van der Waals surface area contributed by atoms with Crippen molar-refractivity contribution in [2.24, 2.45) is 11.3 Å². The smallest absolute Gasteiger partial charge is 0.117 e. The average Bonchev–Trinajstić information content (AvgIpc) is 2.80. The molecule has 1 saturated carbocycles. The van der Waals surface area contributed by atoms with E-state index in [1.54, 1.807) is 12.1 Å². The fourth-order valence-corrected chi connectivity index (χ4v) is 3.44. The molecular weight excluding hydrogens is 248 g/mol. The number of aromatic amines is 1. The van der Waals surface area contributed by atoms with Gasteiger partial charge in [-0.25, -0.2) is 4.98 Å². The van der Waals surface area contributed by atoms with E-state index in [2.05, 4.69) is 25.8 Å². The maximum Gasteiger partial charge on any atom is 0.117 e. The zero-order valence-electron chi connectivity index (χ0n) is 12.6. The van der Waals surface area contributed by atoms with Gasteiger partial charge in [-0.15, -0.1) is 0 Å². The van der Waals surface area contributed by atoms with Gasteiger partial charge in [0, 0.05) is 12.0 Å². The first-order chi connectivity index (χ1) is 9.43.